The Labute approximate surface area is 175 Å². The number of nitro groups is 1. The predicted octanol–water partition coefficient (Wildman–Crippen LogP) is 3.95. The van der Waals surface area contributed by atoms with E-state index in [0.717, 1.165) is 0 Å². The summed E-state index contributed by atoms with van der Waals surface area (Å²) in [6.07, 6.45) is 0.711. The summed E-state index contributed by atoms with van der Waals surface area (Å²) in [5, 5.41) is 15.1. The van der Waals surface area contributed by atoms with Gasteiger partial charge in [-0.25, -0.2) is 4.98 Å². The van der Waals surface area contributed by atoms with Gasteiger partial charge >= 0.3 is 11.6 Å². The van der Waals surface area contributed by atoms with E-state index >= 15 is 0 Å². The highest BCUT2D eigenvalue weighted by Gasteiger charge is 2.28. The number of hydrogen-bond donors (Lipinski definition) is 1. The number of rotatable bonds is 11. The zero-order chi connectivity index (χ0) is 22.3. The van der Waals surface area contributed by atoms with Crippen molar-refractivity contribution in [3.05, 3.63) is 34.0 Å². The van der Waals surface area contributed by atoms with Gasteiger partial charge in [0.1, 0.15) is 11.4 Å². The molecule has 2 aromatic rings. The van der Waals surface area contributed by atoms with Crippen LogP contribution in [0.25, 0.3) is 0 Å². The number of benzene rings is 1. The molecular weight excluding hydrogens is 394 g/mol. The molecule has 164 valence electrons. The maximum Gasteiger partial charge on any atom is 0.354 e. The van der Waals surface area contributed by atoms with Crippen LogP contribution in [0, 0.1) is 17.0 Å². The minimum Gasteiger partial charge on any atom is -0.496 e. The van der Waals surface area contributed by atoms with E-state index in [-0.39, 0.29) is 40.5 Å². The van der Waals surface area contributed by atoms with E-state index in [4.69, 9.17) is 23.7 Å². The largest absolute Gasteiger partial charge is 0.496 e. The normalized spacial score (nSPS) is 11.5. The first-order valence-electron chi connectivity index (χ1n) is 9.27. The molecule has 0 amide bonds. The van der Waals surface area contributed by atoms with E-state index in [1.165, 1.54) is 21.3 Å². The first kappa shape index (κ1) is 23.0. The van der Waals surface area contributed by atoms with E-state index in [1.807, 2.05) is 6.92 Å². The molecule has 10 heteroatoms. The average molecular weight is 421 g/mol. The number of hydrogen-bond acceptors (Lipinski definition) is 9. The number of anilines is 1. The van der Waals surface area contributed by atoms with Gasteiger partial charge in [0.25, 0.3) is 0 Å². The molecule has 30 heavy (non-hydrogen) atoms. The maximum absolute atomic E-state index is 11.9. The molecule has 1 aromatic carbocycles. The highest BCUT2D eigenvalue weighted by Crippen LogP contribution is 2.46. The summed E-state index contributed by atoms with van der Waals surface area (Å²) in [6.45, 7) is 4.08. The smallest absolute Gasteiger partial charge is 0.354 e. The number of aryl methyl sites for hydroxylation is 1. The summed E-state index contributed by atoms with van der Waals surface area (Å²) in [4.78, 5) is 15.6. The molecule has 1 atom stereocenters. The number of pyridine rings is 1. The molecule has 1 aromatic heterocycles. The van der Waals surface area contributed by atoms with Crippen molar-refractivity contribution in [1.29, 1.82) is 0 Å². The third kappa shape index (κ3) is 5.20. The molecule has 0 radical (unpaired) electrons. The lowest BCUT2D eigenvalue weighted by atomic mass is 10.2. The summed E-state index contributed by atoms with van der Waals surface area (Å²) in [5.41, 5.74) is 0.532. The minimum absolute atomic E-state index is 0.117. The van der Waals surface area contributed by atoms with Gasteiger partial charge < -0.3 is 29.0 Å². The number of aromatic nitrogens is 1. The van der Waals surface area contributed by atoms with Gasteiger partial charge in [-0.1, -0.05) is 6.92 Å². The van der Waals surface area contributed by atoms with Crippen LogP contribution in [-0.2, 0) is 4.74 Å². The molecule has 1 N–H and O–H groups in total. The Morgan fingerprint density at radius 1 is 1.10 bits per heavy atom. The number of methoxy groups -OCH3 is 4. The lowest BCUT2D eigenvalue weighted by Crippen LogP contribution is -2.24. The van der Waals surface area contributed by atoms with E-state index in [1.54, 1.807) is 32.2 Å². The molecule has 0 saturated carbocycles. The van der Waals surface area contributed by atoms with Gasteiger partial charge in [0.05, 0.1) is 32.9 Å². The lowest BCUT2D eigenvalue weighted by molar-refractivity contribution is -0.385. The predicted molar refractivity (Wildman–Crippen MR) is 111 cm³/mol. The van der Waals surface area contributed by atoms with Crippen molar-refractivity contribution in [3.63, 3.8) is 0 Å². The highest BCUT2D eigenvalue weighted by molar-refractivity contribution is 5.69. The lowest BCUT2D eigenvalue weighted by Gasteiger charge is -2.19. The zero-order valence-electron chi connectivity index (χ0n) is 18.0. The average Bonchev–Trinajstić information content (AvgIpc) is 2.72. The first-order chi connectivity index (χ1) is 14.4. The number of ether oxygens (including phenoxy) is 5. The fraction of sp³-hybridized carbons (Fsp3) is 0.450. The SMILES string of the molecule is CCC(COC)Nc1cc(C)nc(Oc2c(OC)cc(OC)cc2OC)c1[N+](=O)[O-]. The Morgan fingerprint density at radius 2 is 1.73 bits per heavy atom. The van der Waals surface area contributed by atoms with Crippen LogP contribution in [0.15, 0.2) is 18.2 Å². The second-order valence-corrected chi connectivity index (χ2v) is 6.39. The second-order valence-electron chi connectivity index (χ2n) is 6.39. The Morgan fingerprint density at radius 3 is 2.20 bits per heavy atom. The van der Waals surface area contributed by atoms with Gasteiger partial charge in [-0.15, -0.1) is 0 Å². The van der Waals surface area contributed by atoms with E-state index < -0.39 is 4.92 Å². The highest BCUT2D eigenvalue weighted by atomic mass is 16.6. The van der Waals surface area contributed by atoms with Gasteiger partial charge in [-0.2, -0.15) is 0 Å². The fourth-order valence-electron chi connectivity index (χ4n) is 2.85. The third-order valence-corrected chi connectivity index (χ3v) is 4.36. The van der Waals surface area contributed by atoms with Crippen LogP contribution in [0.1, 0.15) is 19.0 Å². The van der Waals surface area contributed by atoms with Crippen LogP contribution in [0.5, 0.6) is 28.9 Å². The molecule has 0 aliphatic rings. The third-order valence-electron chi connectivity index (χ3n) is 4.36. The molecule has 1 unspecified atom stereocenters. The van der Waals surface area contributed by atoms with Crippen molar-refractivity contribution in [1.82, 2.24) is 4.98 Å². The second kappa shape index (κ2) is 10.5. The van der Waals surface area contributed by atoms with E-state index in [9.17, 15) is 10.1 Å². The monoisotopic (exact) mass is 421 g/mol. The van der Waals surface area contributed by atoms with Crippen molar-refractivity contribution >= 4 is 11.4 Å². The summed E-state index contributed by atoms with van der Waals surface area (Å²) in [5.74, 6) is 1.01. The van der Waals surface area contributed by atoms with E-state index in [0.29, 0.717) is 24.5 Å². The summed E-state index contributed by atoms with van der Waals surface area (Å²) < 4.78 is 27.0. The maximum atomic E-state index is 11.9. The summed E-state index contributed by atoms with van der Waals surface area (Å²) >= 11 is 0. The van der Waals surface area contributed by atoms with Gasteiger partial charge in [0.15, 0.2) is 11.5 Å². The Bertz CT molecular complexity index is 864. The molecule has 0 saturated heterocycles. The van der Waals surface area contributed by atoms with Crippen molar-refractivity contribution in [3.8, 4) is 28.9 Å². The van der Waals surface area contributed by atoms with Crippen molar-refractivity contribution in [2.75, 3.05) is 40.4 Å². The van der Waals surface area contributed by atoms with Gasteiger partial charge in [0.2, 0.25) is 5.75 Å². The molecule has 1 heterocycles. The van der Waals surface area contributed by atoms with Crippen LogP contribution >= 0.6 is 0 Å². The minimum atomic E-state index is -0.536. The van der Waals surface area contributed by atoms with Crippen LogP contribution in [-0.4, -0.2) is 51.0 Å². The molecule has 2 rings (SSSR count). The molecule has 0 aliphatic heterocycles. The Hall–Kier alpha value is -3.27. The molecule has 10 nitrogen and oxygen atoms in total. The summed E-state index contributed by atoms with van der Waals surface area (Å²) in [6, 6.07) is 4.66. The van der Waals surface area contributed by atoms with Crippen molar-refractivity contribution < 1.29 is 28.6 Å². The first-order valence-corrected chi connectivity index (χ1v) is 9.27. The van der Waals surface area contributed by atoms with Gasteiger partial charge in [0, 0.05) is 31.0 Å². The molecule has 0 spiro atoms. The van der Waals surface area contributed by atoms with Crippen molar-refractivity contribution in [2.24, 2.45) is 0 Å². The quantitative estimate of drug-likeness (QED) is 0.425. The van der Waals surface area contributed by atoms with Gasteiger partial charge in [-0.3, -0.25) is 10.1 Å². The van der Waals surface area contributed by atoms with E-state index in [2.05, 4.69) is 10.3 Å². The van der Waals surface area contributed by atoms with Gasteiger partial charge in [-0.05, 0) is 19.4 Å². The number of nitrogens with one attached hydrogen (secondary N) is 1. The number of nitrogens with zero attached hydrogens (tertiary/aromatic N) is 2. The van der Waals surface area contributed by atoms with Crippen molar-refractivity contribution in [2.45, 2.75) is 26.3 Å². The molecule has 0 fully saturated rings. The Balaban J connectivity index is 2.59. The molecular formula is C20H27N3O7. The van der Waals surface area contributed by atoms with Crippen LogP contribution in [0.2, 0.25) is 0 Å². The van der Waals surface area contributed by atoms with Crippen LogP contribution in [0.3, 0.4) is 0 Å². The summed E-state index contributed by atoms with van der Waals surface area (Å²) in [7, 11) is 5.97. The molecule has 0 aliphatic carbocycles. The fourth-order valence-corrected chi connectivity index (χ4v) is 2.85. The Kier molecular flexibility index (Phi) is 8.05. The van der Waals surface area contributed by atoms with Crippen LogP contribution in [0.4, 0.5) is 11.4 Å². The standard InChI is InChI=1S/C20H27N3O7/c1-7-13(11-26-3)22-15-8-12(2)21-20(18(15)23(24)25)30-19-16(28-5)9-14(27-4)10-17(19)29-6/h8-10,13H,7,11H2,1-6H3,(H,21,22). The zero-order valence-corrected chi connectivity index (χ0v) is 18.0. The topological polar surface area (TPSA) is 114 Å². The van der Waals surface area contributed by atoms with Crippen LogP contribution < -0.4 is 24.3 Å². The molecule has 0 bridgehead atoms.